The molecule has 0 heterocycles. The van der Waals surface area contributed by atoms with Gasteiger partial charge in [0.2, 0.25) is 0 Å². The van der Waals surface area contributed by atoms with Crippen molar-refractivity contribution in [1.29, 1.82) is 0 Å². The van der Waals surface area contributed by atoms with Gasteiger partial charge in [0.25, 0.3) is 5.91 Å². The number of nitrogens with one attached hydrogen (secondary N) is 1. The van der Waals surface area contributed by atoms with Gasteiger partial charge < -0.3 is 15.4 Å². The first kappa shape index (κ1) is 19.4. The third-order valence-electron chi connectivity index (χ3n) is 5.25. The number of para-hydroxylation sites is 2. The van der Waals surface area contributed by atoms with E-state index in [-0.39, 0.29) is 11.9 Å². The van der Waals surface area contributed by atoms with E-state index in [1.54, 1.807) is 0 Å². The van der Waals surface area contributed by atoms with Crippen molar-refractivity contribution in [2.75, 3.05) is 11.9 Å². The number of hydrogen-bond acceptors (Lipinski definition) is 2. The van der Waals surface area contributed by atoms with E-state index in [0.717, 1.165) is 17.0 Å². The summed E-state index contributed by atoms with van der Waals surface area (Å²) in [6.07, 6.45) is 7.52. The maximum atomic E-state index is 13.2. The van der Waals surface area contributed by atoms with Crippen LogP contribution in [0.2, 0.25) is 0 Å². The van der Waals surface area contributed by atoms with E-state index < -0.39 is 0 Å². The lowest BCUT2D eigenvalue weighted by Gasteiger charge is -2.22. The predicted molar refractivity (Wildman–Crippen MR) is 109 cm³/mol. The Morgan fingerprint density at radius 2 is 1.70 bits per heavy atom. The third-order valence-corrected chi connectivity index (χ3v) is 5.25. The van der Waals surface area contributed by atoms with Crippen LogP contribution in [0, 0.1) is 0 Å². The highest BCUT2D eigenvalue weighted by atomic mass is 16.5. The second-order valence-corrected chi connectivity index (χ2v) is 7.25. The molecule has 0 spiro atoms. The second kappa shape index (κ2) is 10.1. The Balaban J connectivity index is 1.78. The molecule has 0 aliphatic heterocycles. The molecular formula is C23H31N2O2+. The number of nitrogens with two attached hydrogens (primary N) is 1. The average Bonchev–Trinajstić information content (AvgIpc) is 2.97. The maximum absolute atomic E-state index is 13.2. The minimum atomic E-state index is -0.246. The topological polar surface area (TPSA) is 54.9 Å². The van der Waals surface area contributed by atoms with Crippen LogP contribution in [0.3, 0.4) is 0 Å². The Bertz CT molecular complexity index is 709. The van der Waals surface area contributed by atoms with Gasteiger partial charge in [-0.25, -0.2) is 0 Å². The van der Waals surface area contributed by atoms with E-state index in [1.807, 2.05) is 61.5 Å². The van der Waals surface area contributed by atoms with E-state index in [1.165, 1.54) is 38.5 Å². The van der Waals surface area contributed by atoms with Crippen molar-refractivity contribution in [3.8, 4) is 5.75 Å². The molecule has 1 amide bonds. The Morgan fingerprint density at radius 3 is 2.41 bits per heavy atom. The van der Waals surface area contributed by atoms with Gasteiger partial charge in [-0.1, -0.05) is 55.3 Å². The lowest BCUT2D eigenvalue weighted by molar-refractivity contribution is -0.716. The molecule has 0 unspecified atom stereocenters. The molecule has 3 N–H and O–H groups in total. The fourth-order valence-electron chi connectivity index (χ4n) is 3.85. The van der Waals surface area contributed by atoms with E-state index in [9.17, 15) is 4.79 Å². The van der Waals surface area contributed by atoms with Crippen molar-refractivity contribution in [2.45, 2.75) is 57.5 Å². The highest BCUT2D eigenvalue weighted by Gasteiger charge is 2.29. The summed E-state index contributed by atoms with van der Waals surface area (Å²) in [4.78, 5) is 13.2. The van der Waals surface area contributed by atoms with Gasteiger partial charge in [0.05, 0.1) is 18.3 Å². The van der Waals surface area contributed by atoms with Crippen LogP contribution in [0.25, 0.3) is 0 Å². The predicted octanol–water partition coefficient (Wildman–Crippen LogP) is 4.05. The lowest BCUT2D eigenvalue weighted by atomic mass is 10.0. The van der Waals surface area contributed by atoms with Gasteiger partial charge in [0.1, 0.15) is 5.75 Å². The summed E-state index contributed by atoms with van der Waals surface area (Å²) < 4.78 is 5.66. The number of carbonyl (C=O) groups excluding carboxylic acids is 1. The number of rotatable bonds is 7. The summed E-state index contributed by atoms with van der Waals surface area (Å²) in [5.41, 5.74) is 1.78. The van der Waals surface area contributed by atoms with Gasteiger partial charge in [-0.15, -0.1) is 0 Å². The molecule has 1 aliphatic rings. The van der Waals surface area contributed by atoms with Crippen LogP contribution in [0.4, 0.5) is 5.69 Å². The van der Waals surface area contributed by atoms with Crippen molar-refractivity contribution in [1.82, 2.24) is 0 Å². The number of benzene rings is 2. The zero-order valence-electron chi connectivity index (χ0n) is 16.2. The smallest absolute Gasteiger partial charge is 0.287 e. The molecule has 0 bridgehead atoms. The molecule has 2 aromatic rings. The van der Waals surface area contributed by atoms with E-state index in [4.69, 9.17) is 4.74 Å². The van der Waals surface area contributed by atoms with Crippen LogP contribution in [0.5, 0.6) is 5.75 Å². The molecule has 4 nitrogen and oxygen atoms in total. The Morgan fingerprint density at radius 1 is 1.04 bits per heavy atom. The summed E-state index contributed by atoms with van der Waals surface area (Å²) in [5, 5.41) is 5.38. The van der Waals surface area contributed by atoms with Gasteiger partial charge in [-0.2, -0.15) is 0 Å². The van der Waals surface area contributed by atoms with Crippen LogP contribution < -0.4 is 15.4 Å². The Labute approximate surface area is 162 Å². The lowest BCUT2D eigenvalue weighted by Crippen LogP contribution is -2.92. The summed E-state index contributed by atoms with van der Waals surface area (Å²) in [5.74, 6) is 0.729. The van der Waals surface area contributed by atoms with E-state index in [0.29, 0.717) is 12.6 Å². The first-order valence-corrected chi connectivity index (χ1v) is 10.2. The van der Waals surface area contributed by atoms with Crippen LogP contribution in [0.15, 0.2) is 54.6 Å². The first-order chi connectivity index (χ1) is 13.3. The number of hydrogen-bond donors (Lipinski definition) is 2. The van der Waals surface area contributed by atoms with E-state index >= 15 is 0 Å². The standard InChI is InChI=1S/C23H30N2O2/c1-2-27-21-17-11-10-16-20(21)25-23(26)22(18-12-6-5-7-13-18)24-19-14-8-3-4-9-15-19/h5-7,10-13,16-17,19,22,24H,2-4,8-9,14-15H2,1H3,(H,25,26)/p+1/t22-/m0/s1. The zero-order chi connectivity index (χ0) is 18.9. The molecule has 1 fully saturated rings. The van der Waals surface area contributed by atoms with Crippen LogP contribution >= 0.6 is 0 Å². The van der Waals surface area contributed by atoms with Crippen LogP contribution in [-0.4, -0.2) is 18.6 Å². The zero-order valence-corrected chi connectivity index (χ0v) is 16.2. The minimum Gasteiger partial charge on any atom is -0.492 e. The Hall–Kier alpha value is -2.33. The fraction of sp³-hybridized carbons (Fsp3) is 0.435. The highest BCUT2D eigenvalue weighted by molar-refractivity contribution is 5.95. The number of quaternary nitrogens is 1. The SMILES string of the molecule is CCOc1ccccc1NC(=O)[C@@H]([NH2+]C1CCCCCC1)c1ccccc1. The fourth-order valence-corrected chi connectivity index (χ4v) is 3.85. The second-order valence-electron chi connectivity index (χ2n) is 7.25. The Kier molecular flexibility index (Phi) is 7.28. The summed E-state index contributed by atoms with van der Waals surface area (Å²) in [6, 6.07) is 18.0. The number of ether oxygens (including phenoxy) is 1. The molecule has 4 heteroatoms. The van der Waals surface area contributed by atoms with Crippen molar-refractivity contribution >= 4 is 11.6 Å². The monoisotopic (exact) mass is 367 g/mol. The maximum Gasteiger partial charge on any atom is 0.287 e. The highest BCUT2D eigenvalue weighted by Crippen LogP contribution is 2.25. The summed E-state index contributed by atoms with van der Waals surface area (Å²) >= 11 is 0. The van der Waals surface area contributed by atoms with Gasteiger partial charge in [0.15, 0.2) is 6.04 Å². The third kappa shape index (κ3) is 5.57. The molecule has 0 saturated heterocycles. The van der Waals surface area contributed by atoms with Gasteiger partial charge in [-0.3, -0.25) is 4.79 Å². The summed E-state index contributed by atoms with van der Waals surface area (Å²) in [6.45, 7) is 2.52. The summed E-state index contributed by atoms with van der Waals surface area (Å²) in [7, 11) is 0. The molecule has 1 atom stereocenters. The van der Waals surface area contributed by atoms with Crippen molar-refractivity contribution in [3.05, 3.63) is 60.2 Å². The van der Waals surface area contributed by atoms with Gasteiger partial charge in [-0.05, 0) is 44.7 Å². The molecule has 1 saturated carbocycles. The normalized spacial score (nSPS) is 16.3. The van der Waals surface area contributed by atoms with Crippen LogP contribution in [0.1, 0.15) is 57.1 Å². The van der Waals surface area contributed by atoms with Crippen LogP contribution in [-0.2, 0) is 4.79 Å². The molecule has 3 rings (SSSR count). The van der Waals surface area contributed by atoms with Crippen molar-refractivity contribution in [3.63, 3.8) is 0 Å². The molecular weight excluding hydrogens is 336 g/mol. The molecule has 0 radical (unpaired) electrons. The molecule has 2 aromatic carbocycles. The largest absolute Gasteiger partial charge is 0.492 e. The quantitative estimate of drug-likeness (QED) is 0.726. The molecule has 144 valence electrons. The molecule has 1 aliphatic carbocycles. The number of amides is 1. The number of anilines is 1. The minimum absolute atomic E-state index is 0.0117. The molecule has 0 aromatic heterocycles. The number of carbonyl (C=O) groups is 1. The average molecular weight is 368 g/mol. The van der Waals surface area contributed by atoms with Crippen molar-refractivity contribution in [2.24, 2.45) is 0 Å². The van der Waals surface area contributed by atoms with Crippen molar-refractivity contribution < 1.29 is 14.8 Å². The van der Waals surface area contributed by atoms with Gasteiger partial charge in [0, 0.05) is 5.56 Å². The molecule has 27 heavy (non-hydrogen) atoms. The van der Waals surface area contributed by atoms with E-state index in [2.05, 4.69) is 10.6 Å². The first-order valence-electron chi connectivity index (χ1n) is 10.2. The van der Waals surface area contributed by atoms with Gasteiger partial charge >= 0.3 is 0 Å².